The monoisotopic (exact) mass is 328 g/mol. The molecule has 0 spiro atoms. The topological polar surface area (TPSA) is 66.9 Å². The fourth-order valence-electron chi connectivity index (χ4n) is 1.69. The van der Waals surface area contributed by atoms with E-state index in [1.54, 1.807) is 18.2 Å². The second-order valence-corrected chi connectivity index (χ2v) is 4.85. The Labute approximate surface area is 124 Å². The Bertz CT molecular complexity index is 715. The highest BCUT2D eigenvalue weighted by Crippen LogP contribution is 2.24. The Hall–Kier alpha value is -2.45. The van der Waals surface area contributed by atoms with Crippen LogP contribution in [0, 0.1) is 21.4 Å². The van der Waals surface area contributed by atoms with Crippen LogP contribution in [0.3, 0.4) is 0 Å². The normalized spacial score (nSPS) is 10.9. The van der Waals surface area contributed by atoms with Crippen molar-refractivity contribution in [3.63, 3.8) is 0 Å². The van der Waals surface area contributed by atoms with Crippen molar-refractivity contribution in [2.24, 2.45) is 0 Å². The van der Waals surface area contributed by atoms with Gasteiger partial charge in [-0.2, -0.15) is 5.26 Å². The average molecular weight is 329 g/mol. The maximum Gasteiger partial charge on any atom is 0.269 e. The molecule has 0 atom stereocenters. The van der Waals surface area contributed by atoms with Gasteiger partial charge in [-0.25, -0.2) is 0 Å². The lowest BCUT2D eigenvalue weighted by Crippen LogP contribution is -1.88. The van der Waals surface area contributed by atoms with Gasteiger partial charge < -0.3 is 0 Å². The third-order valence-electron chi connectivity index (χ3n) is 2.71. The minimum atomic E-state index is -0.465. The van der Waals surface area contributed by atoms with Crippen molar-refractivity contribution < 1.29 is 4.92 Å². The van der Waals surface area contributed by atoms with E-state index in [4.69, 9.17) is 0 Å². The van der Waals surface area contributed by atoms with E-state index in [2.05, 4.69) is 22.0 Å². The summed E-state index contributed by atoms with van der Waals surface area (Å²) in [6, 6.07) is 15.6. The van der Waals surface area contributed by atoms with Gasteiger partial charge in [-0.15, -0.1) is 0 Å². The van der Waals surface area contributed by atoms with Crippen LogP contribution in [0.1, 0.15) is 11.1 Å². The summed E-state index contributed by atoms with van der Waals surface area (Å²) in [5, 5.41) is 19.8. The smallest absolute Gasteiger partial charge is 0.258 e. The Balaban J connectivity index is 2.41. The van der Waals surface area contributed by atoms with Crippen LogP contribution in [0.5, 0.6) is 0 Å². The van der Waals surface area contributed by atoms with Gasteiger partial charge in [0.25, 0.3) is 5.69 Å². The molecule has 0 fully saturated rings. The molecular formula is C15H9BrN2O2. The van der Waals surface area contributed by atoms with Crippen molar-refractivity contribution in [3.05, 3.63) is 74.2 Å². The summed E-state index contributed by atoms with van der Waals surface area (Å²) in [6.07, 6.45) is 1.74. The van der Waals surface area contributed by atoms with Crippen LogP contribution < -0.4 is 0 Å². The number of hydrogen-bond donors (Lipinski definition) is 0. The molecular weight excluding hydrogens is 320 g/mol. The summed E-state index contributed by atoms with van der Waals surface area (Å²) >= 11 is 3.41. The van der Waals surface area contributed by atoms with Gasteiger partial charge in [-0.05, 0) is 35.4 Å². The molecule has 2 rings (SSSR count). The molecule has 0 bridgehead atoms. The highest BCUT2D eigenvalue weighted by atomic mass is 79.9. The molecule has 0 radical (unpaired) electrons. The number of non-ortho nitro benzene ring substituents is 1. The predicted molar refractivity (Wildman–Crippen MR) is 80.7 cm³/mol. The second-order valence-electron chi connectivity index (χ2n) is 4.00. The van der Waals surface area contributed by atoms with E-state index in [9.17, 15) is 15.4 Å². The average Bonchev–Trinajstić information content (AvgIpc) is 2.46. The molecule has 0 aliphatic heterocycles. The molecule has 2 aromatic carbocycles. The molecule has 0 heterocycles. The van der Waals surface area contributed by atoms with Gasteiger partial charge in [0.05, 0.1) is 16.6 Å². The number of benzene rings is 2. The number of halogens is 1. The zero-order chi connectivity index (χ0) is 14.5. The molecule has 2 aromatic rings. The van der Waals surface area contributed by atoms with E-state index in [1.165, 1.54) is 12.1 Å². The summed E-state index contributed by atoms with van der Waals surface area (Å²) in [5.41, 5.74) is 1.98. The zero-order valence-electron chi connectivity index (χ0n) is 10.3. The lowest BCUT2D eigenvalue weighted by Gasteiger charge is -2.01. The number of hydrogen-bond acceptors (Lipinski definition) is 3. The third-order valence-corrected chi connectivity index (χ3v) is 3.44. The van der Waals surface area contributed by atoms with E-state index < -0.39 is 4.92 Å². The van der Waals surface area contributed by atoms with E-state index in [1.807, 2.05) is 24.3 Å². The lowest BCUT2D eigenvalue weighted by atomic mass is 10.0. The van der Waals surface area contributed by atoms with Crippen LogP contribution in [0.2, 0.25) is 0 Å². The number of rotatable bonds is 3. The molecule has 20 heavy (non-hydrogen) atoms. The first-order valence-corrected chi connectivity index (χ1v) is 6.52. The first-order chi connectivity index (χ1) is 9.61. The van der Waals surface area contributed by atoms with Gasteiger partial charge in [0.15, 0.2) is 0 Å². The van der Waals surface area contributed by atoms with Gasteiger partial charge in [0.2, 0.25) is 0 Å². The molecule has 4 nitrogen and oxygen atoms in total. The van der Waals surface area contributed by atoms with E-state index in [0.29, 0.717) is 11.1 Å². The fourth-order valence-corrected chi connectivity index (χ4v) is 2.09. The first-order valence-electron chi connectivity index (χ1n) is 5.73. The van der Waals surface area contributed by atoms with E-state index >= 15 is 0 Å². The molecule has 0 unspecified atom stereocenters. The van der Waals surface area contributed by atoms with Gasteiger partial charge in [-0.1, -0.05) is 34.1 Å². The first kappa shape index (κ1) is 14.0. The van der Waals surface area contributed by atoms with Crippen LogP contribution in [-0.2, 0) is 0 Å². The fraction of sp³-hybridized carbons (Fsp3) is 0. The summed E-state index contributed by atoms with van der Waals surface area (Å²) in [7, 11) is 0. The maximum atomic E-state index is 10.6. The Morgan fingerprint density at radius 3 is 2.40 bits per heavy atom. The molecule has 0 N–H and O–H groups in total. The van der Waals surface area contributed by atoms with Gasteiger partial charge in [0.1, 0.15) is 0 Å². The quantitative estimate of drug-likeness (QED) is 0.362. The summed E-state index contributed by atoms with van der Waals surface area (Å²) in [5.74, 6) is 0. The summed E-state index contributed by atoms with van der Waals surface area (Å²) < 4.78 is 0.884. The summed E-state index contributed by atoms with van der Waals surface area (Å²) in [4.78, 5) is 10.1. The van der Waals surface area contributed by atoms with Crippen LogP contribution >= 0.6 is 15.9 Å². The number of nitriles is 1. The molecule has 0 amide bonds. The van der Waals surface area contributed by atoms with Crippen molar-refractivity contribution in [3.8, 4) is 6.07 Å². The molecule has 0 aromatic heterocycles. The minimum absolute atomic E-state index is 0.00642. The van der Waals surface area contributed by atoms with Crippen LogP contribution in [0.25, 0.3) is 11.6 Å². The van der Waals surface area contributed by atoms with Gasteiger partial charge >= 0.3 is 0 Å². The SMILES string of the molecule is N#C/C(=C\c1ccccc1Br)c1ccc([N+](=O)[O-])cc1. The molecule has 0 saturated carbocycles. The summed E-state index contributed by atoms with van der Waals surface area (Å²) in [6.45, 7) is 0. The predicted octanol–water partition coefficient (Wildman–Crippen LogP) is 4.42. The standard InChI is InChI=1S/C15H9BrN2O2/c16-15-4-2-1-3-12(15)9-13(10-17)11-5-7-14(8-6-11)18(19)20/h1-9H/b13-9+. The van der Waals surface area contributed by atoms with E-state index in [-0.39, 0.29) is 5.69 Å². The van der Waals surface area contributed by atoms with Crippen LogP contribution in [-0.4, -0.2) is 4.92 Å². The number of allylic oxidation sites excluding steroid dienone is 1. The largest absolute Gasteiger partial charge is 0.269 e. The van der Waals surface area contributed by atoms with Crippen molar-refractivity contribution in [2.75, 3.05) is 0 Å². The molecule has 5 heteroatoms. The van der Waals surface area contributed by atoms with Crippen molar-refractivity contribution >= 4 is 33.3 Å². The van der Waals surface area contributed by atoms with Crippen LogP contribution in [0.15, 0.2) is 53.0 Å². The molecule has 0 saturated heterocycles. The Morgan fingerprint density at radius 1 is 1.20 bits per heavy atom. The number of nitro groups is 1. The second kappa shape index (κ2) is 6.13. The van der Waals surface area contributed by atoms with Crippen molar-refractivity contribution in [1.29, 1.82) is 5.26 Å². The van der Waals surface area contributed by atoms with Gasteiger partial charge in [-0.3, -0.25) is 10.1 Å². The molecule has 0 aliphatic carbocycles. The molecule has 98 valence electrons. The Morgan fingerprint density at radius 2 is 1.85 bits per heavy atom. The highest BCUT2D eigenvalue weighted by molar-refractivity contribution is 9.10. The molecule has 0 aliphatic rings. The zero-order valence-corrected chi connectivity index (χ0v) is 11.9. The van der Waals surface area contributed by atoms with Crippen LogP contribution in [0.4, 0.5) is 5.69 Å². The minimum Gasteiger partial charge on any atom is -0.258 e. The number of nitro benzene ring substituents is 1. The van der Waals surface area contributed by atoms with E-state index in [0.717, 1.165) is 10.0 Å². The number of nitrogens with zero attached hydrogens (tertiary/aromatic N) is 2. The third kappa shape index (κ3) is 3.11. The van der Waals surface area contributed by atoms with Gasteiger partial charge in [0, 0.05) is 16.6 Å². The highest BCUT2D eigenvalue weighted by Gasteiger charge is 2.07. The Kier molecular flexibility index (Phi) is 4.28. The van der Waals surface area contributed by atoms with Crippen molar-refractivity contribution in [2.45, 2.75) is 0 Å². The lowest BCUT2D eigenvalue weighted by molar-refractivity contribution is -0.384. The maximum absolute atomic E-state index is 10.6. The van der Waals surface area contributed by atoms with Crippen molar-refractivity contribution in [1.82, 2.24) is 0 Å².